The van der Waals surface area contributed by atoms with Gasteiger partial charge < -0.3 is 5.73 Å². The molecule has 0 aromatic carbocycles. The molecule has 2 rings (SSSR count). The molecule has 0 saturated carbocycles. The molecular formula is C8H6ClN5. The lowest BCUT2D eigenvalue weighted by atomic mass is 10.3. The third kappa shape index (κ3) is 1.77. The van der Waals surface area contributed by atoms with E-state index in [2.05, 4.69) is 20.2 Å². The molecule has 0 saturated heterocycles. The minimum Gasteiger partial charge on any atom is -0.382 e. The average Bonchev–Trinajstić information content (AvgIpc) is 2.21. The van der Waals surface area contributed by atoms with E-state index >= 15 is 0 Å². The van der Waals surface area contributed by atoms with Crippen LogP contribution in [0.5, 0.6) is 0 Å². The summed E-state index contributed by atoms with van der Waals surface area (Å²) in [4.78, 5) is 7.94. The van der Waals surface area contributed by atoms with E-state index in [9.17, 15) is 0 Å². The van der Waals surface area contributed by atoms with E-state index < -0.39 is 0 Å². The maximum absolute atomic E-state index is 5.59. The van der Waals surface area contributed by atoms with Gasteiger partial charge in [-0.05, 0) is 12.1 Å². The van der Waals surface area contributed by atoms with Crippen LogP contribution < -0.4 is 5.73 Å². The third-order valence-corrected chi connectivity index (χ3v) is 1.77. The monoisotopic (exact) mass is 207 g/mol. The molecule has 2 aromatic heterocycles. The van der Waals surface area contributed by atoms with Crippen molar-refractivity contribution in [2.24, 2.45) is 0 Å². The first-order valence-corrected chi connectivity index (χ1v) is 4.20. The van der Waals surface area contributed by atoms with Gasteiger partial charge in [0.05, 0.1) is 12.4 Å². The molecule has 0 spiro atoms. The molecule has 0 radical (unpaired) electrons. The first-order valence-electron chi connectivity index (χ1n) is 3.83. The van der Waals surface area contributed by atoms with Crippen LogP contribution in [0.15, 0.2) is 24.5 Å². The molecule has 0 aliphatic rings. The highest BCUT2D eigenvalue weighted by Gasteiger charge is 2.01. The maximum atomic E-state index is 5.59. The number of nitrogen functional groups attached to an aromatic ring is 1. The van der Waals surface area contributed by atoms with Crippen molar-refractivity contribution >= 4 is 17.4 Å². The van der Waals surface area contributed by atoms with Crippen LogP contribution in [0, 0.1) is 0 Å². The van der Waals surface area contributed by atoms with Gasteiger partial charge in [0.1, 0.15) is 17.2 Å². The Morgan fingerprint density at radius 2 is 1.86 bits per heavy atom. The summed E-state index contributed by atoms with van der Waals surface area (Å²) in [7, 11) is 0. The fourth-order valence-corrected chi connectivity index (χ4v) is 1.02. The highest BCUT2D eigenvalue weighted by molar-refractivity contribution is 6.29. The second-order valence-corrected chi connectivity index (χ2v) is 2.96. The molecular weight excluding hydrogens is 202 g/mol. The van der Waals surface area contributed by atoms with Gasteiger partial charge in [-0.2, -0.15) is 0 Å². The molecule has 2 aromatic rings. The molecule has 6 heteroatoms. The summed E-state index contributed by atoms with van der Waals surface area (Å²) in [5, 5.41) is 7.89. The van der Waals surface area contributed by atoms with E-state index in [0.29, 0.717) is 22.4 Å². The molecule has 2 N–H and O–H groups in total. The van der Waals surface area contributed by atoms with E-state index in [1.165, 1.54) is 12.4 Å². The van der Waals surface area contributed by atoms with Crippen LogP contribution in [0.2, 0.25) is 5.15 Å². The van der Waals surface area contributed by atoms with Crippen LogP contribution >= 0.6 is 11.6 Å². The van der Waals surface area contributed by atoms with Crippen LogP contribution in [0.25, 0.3) is 11.4 Å². The van der Waals surface area contributed by atoms with E-state index in [-0.39, 0.29) is 0 Å². The number of nitrogens with zero attached hydrogens (tertiary/aromatic N) is 4. The second-order valence-electron chi connectivity index (χ2n) is 2.57. The van der Waals surface area contributed by atoms with Crippen molar-refractivity contribution in [3.63, 3.8) is 0 Å². The summed E-state index contributed by atoms with van der Waals surface area (Å²) in [5.41, 5.74) is 6.63. The zero-order chi connectivity index (χ0) is 9.97. The highest BCUT2D eigenvalue weighted by Crippen LogP contribution is 2.13. The Morgan fingerprint density at radius 3 is 2.43 bits per heavy atom. The predicted molar refractivity (Wildman–Crippen MR) is 52.5 cm³/mol. The minimum absolute atomic E-state index is 0.345. The Balaban J connectivity index is 2.40. The van der Waals surface area contributed by atoms with Crippen LogP contribution in [-0.2, 0) is 0 Å². The van der Waals surface area contributed by atoms with E-state index in [1.807, 2.05) is 0 Å². The lowest BCUT2D eigenvalue weighted by Gasteiger charge is -1.97. The van der Waals surface area contributed by atoms with Gasteiger partial charge in [0, 0.05) is 0 Å². The lowest BCUT2D eigenvalue weighted by molar-refractivity contribution is 1.02. The third-order valence-electron chi connectivity index (χ3n) is 1.57. The molecule has 0 atom stereocenters. The molecule has 70 valence electrons. The molecule has 0 aliphatic carbocycles. The molecule has 0 aliphatic heterocycles. The van der Waals surface area contributed by atoms with Gasteiger partial charge in [0.2, 0.25) is 0 Å². The quantitative estimate of drug-likeness (QED) is 0.760. The molecule has 0 unspecified atom stereocenters. The number of hydrogen-bond acceptors (Lipinski definition) is 5. The lowest BCUT2D eigenvalue weighted by Crippen LogP contribution is -1.94. The number of aromatic nitrogens is 4. The van der Waals surface area contributed by atoms with E-state index in [1.54, 1.807) is 12.1 Å². The van der Waals surface area contributed by atoms with Crippen LogP contribution in [0.1, 0.15) is 0 Å². The molecule has 5 nitrogen and oxygen atoms in total. The highest BCUT2D eigenvalue weighted by atomic mass is 35.5. The summed E-state index contributed by atoms with van der Waals surface area (Å²) < 4.78 is 0. The second kappa shape index (κ2) is 3.55. The first-order chi connectivity index (χ1) is 6.75. The molecule has 14 heavy (non-hydrogen) atoms. The number of nitrogens with two attached hydrogens (primary N) is 1. The van der Waals surface area contributed by atoms with Gasteiger partial charge in [-0.3, -0.25) is 0 Å². The Kier molecular flexibility index (Phi) is 2.24. The van der Waals surface area contributed by atoms with Crippen molar-refractivity contribution < 1.29 is 0 Å². The zero-order valence-corrected chi connectivity index (χ0v) is 7.81. The van der Waals surface area contributed by atoms with E-state index in [0.717, 1.165) is 0 Å². The van der Waals surface area contributed by atoms with Crippen LogP contribution in [-0.4, -0.2) is 20.2 Å². The SMILES string of the molecule is Nc1cnc(-c2ccc(Cl)nn2)cn1. The molecule has 0 amide bonds. The van der Waals surface area contributed by atoms with Gasteiger partial charge in [0.15, 0.2) is 5.15 Å². The summed E-state index contributed by atoms with van der Waals surface area (Å²) in [6.07, 6.45) is 3.00. The van der Waals surface area contributed by atoms with Crippen molar-refractivity contribution in [2.75, 3.05) is 5.73 Å². The Labute approximate surface area is 85.0 Å². The summed E-state index contributed by atoms with van der Waals surface area (Å²) in [6, 6.07) is 3.36. The summed E-state index contributed by atoms with van der Waals surface area (Å²) >= 11 is 5.59. The van der Waals surface area contributed by atoms with Gasteiger partial charge in [-0.15, -0.1) is 10.2 Å². The minimum atomic E-state index is 0.345. The first kappa shape index (κ1) is 8.83. The fourth-order valence-electron chi connectivity index (χ4n) is 0.923. The molecule has 0 bridgehead atoms. The largest absolute Gasteiger partial charge is 0.382 e. The Hall–Kier alpha value is -1.75. The van der Waals surface area contributed by atoms with Crippen molar-refractivity contribution in [3.05, 3.63) is 29.7 Å². The number of halogens is 1. The molecule has 0 fully saturated rings. The predicted octanol–water partition coefficient (Wildman–Crippen LogP) is 1.17. The van der Waals surface area contributed by atoms with Crippen molar-refractivity contribution in [1.82, 2.24) is 20.2 Å². The van der Waals surface area contributed by atoms with Crippen LogP contribution in [0.3, 0.4) is 0 Å². The molecule has 2 heterocycles. The normalized spacial score (nSPS) is 10.1. The smallest absolute Gasteiger partial charge is 0.151 e. The van der Waals surface area contributed by atoms with Gasteiger partial charge >= 0.3 is 0 Å². The maximum Gasteiger partial charge on any atom is 0.151 e. The summed E-state index contributed by atoms with van der Waals surface area (Å²) in [5.74, 6) is 0.371. The van der Waals surface area contributed by atoms with Gasteiger partial charge in [-0.1, -0.05) is 11.6 Å². The van der Waals surface area contributed by atoms with Crippen molar-refractivity contribution in [1.29, 1.82) is 0 Å². The van der Waals surface area contributed by atoms with Gasteiger partial charge in [-0.25, -0.2) is 9.97 Å². The van der Waals surface area contributed by atoms with E-state index in [4.69, 9.17) is 17.3 Å². The number of anilines is 1. The van der Waals surface area contributed by atoms with Crippen molar-refractivity contribution in [2.45, 2.75) is 0 Å². The standard InChI is InChI=1S/C8H6ClN5/c9-7-2-1-5(13-14-7)6-3-12-8(10)4-11-6/h1-4H,(H2,10,12). The summed E-state index contributed by atoms with van der Waals surface area (Å²) in [6.45, 7) is 0. The average molecular weight is 208 g/mol. The number of hydrogen-bond donors (Lipinski definition) is 1. The fraction of sp³-hybridized carbons (Fsp3) is 0. The topological polar surface area (TPSA) is 77.6 Å². The van der Waals surface area contributed by atoms with Crippen LogP contribution in [0.4, 0.5) is 5.82 Å². The number of rotatable bonds is 1. The zero-order valence-electron chi connectivity index (χ0n) is 7.05. The van der Waals surface area contributed by atoms with Crippen molar-refractivity contribution in [3.8, 4) is 11.4 Å². The Bertz CT molecular complexity index is 381. The Morgan fingerprint density at radius 1 is 1.00 bits per heavy atom. The van der Waals surface area contributed by atoms with Gasteiger partial charge in [0.25, 0.3) is 0 Å².